The van der Waals surface area contributed by atoms with Gasteiger partial charge >= 0.3 is 5.97 Å². The molecule has 0 amide bonds. The molecule has 0 aliphatic carbocycles. The van der Waals surface area contributed by atoms with Crippen LogP contribution in [0.5, 0.6) is 5.75 Å². The summed E-state index contributed by atoms with van der Waals surface area (Å²) in [6, 6.07) is 11.4. The van der Waals surface area contributed by atoms with Crippen LogP contribution in [0.15, 0.2) is 36.4 Å². The molecule has 0 saturated heterocycles. The van der Waals surface area contributed by atoms with Crippen molar-refractivity contribution in [3.63, 3.8) is 0 Å². The monoisotopic (exact) mass is 297 g/mol. The highest BCUT2D eigenvalue weighted by molar-refractivity contribution is 5.89. The number of carbonyl (C=O) groups excluding carboxylic acids is 1. The molecule has 0 unspecified atom stereocenters. The molecule has 1 aromatic carbocycles. The molecule has 3 rings (SSSR count). The number of pyridine rings is 1. The first-order valence-corrected chi connectivity index (χ1v) is 7.58. The third kappa shape index (κ3) is 3.45. The van der Waals surface area contributed by atoms with E-state index in [0.717, 1.165) is 42.0 Å². The van der Waals surface area contributed by atoms with Gasteiger partial charge in [0.05, 0.1) is 18.8 Å². The molecule has 4 heteroatoms. The normalized spacial score (nSPS) is 12.6. The zero-order chi connectivity index (χ0) is 15.4. The highest BCUT2D eigenvalue weighted by Crippen LogP contribution is 2.26. The number of carbonyl (C=O) groups is 1. The lowest BCUT2D eigenvalue weighted by molar-refractivity contribution is 0.0500. The minimum Gasteiger partial charge on any atom is -0.493 e. The number of aryl methyl sites for hydroxylation is 2. The van der Waals surface area contributed by atoms with E-state index in [1.54, 1.807) is 6.07 Å². The molecule has 0 fully saturated rings. The molecule has 4 nitrogen and oxygen atoms in total. The smallest absolute Gasteiger partial charge is 0.338 e. The number of aromatic nitrogens is 1. The van der Waals surface area contributed by atoms with Gasteiger partial charge in [-0.25, -0.2) is 4.79 Å². The van der Waals surface area contributed by atoms with Gasteiger partial charge in [-0.2, -0.15) is 0 Å². The number of nitrogens with zero attached hydrogens (tertiary/aromatic N) is 1. The predicted octanol–water partition coefficient (Wildman–Crippen LogP) is 3.11. The van der Waals surface area contributed by atoms with Crippen LogP contribution in [-0.2, 0) is 17.6 Å². The summed E-state index contributed by atoms with van der Waals surface area (Å²) in [6.07, 6.45) is 2.44. The predicted molar refractivity (Wildman–Crippen MR) is 83.2 cm³/mol. The fourth-order valence-electron chi connectivity index (χ4n) is 2.55. The minimum atomic E-state index is -0.271. The summed E-state index contributed by atoms with van der Waals surface area (Å²) >= 11 is 0. The Morgan fingerprint density at radius 2 is 2.23 bits per heavy atom. The Morgan fingerprint density at radius 1 is 1.32 bits per heavy atom. The van der Waals surface area contributed by atoms with Crippen molar-refractivity contribution in [1.29, 1.82) is 0 Å². The first-order valence-electron chi connectivity index (χ1n) is 7.58. The van der Waals surface area contributed by atoms with E-state index in [4.69, 9.17) is 9.47 Å². The molecule has 0 atom stereocenters. The molecule has 1 aliphatic rings. The van der Waals surface area contributed by atoms with E-state index >= 15 is 0 Å². The standard InChI is InChI=1S/C18H19NO3/c1-13-4-2-5-16(19-13)6-3-10-22-18(20)15-7-8-17-14(12-15)9-11-21-17/h2,4-5,7-8,12H,3,6,9-11H2,1H3. The van der Waals surface area contributed by atoms with E-state index in [1.165, 1.54) is 0 Å². The zero-order valence-electron chi connectivity index (χ0n) is 12.7. The minimum absolute atomic E-state index is 0.271. The number of hydrogen-bond acceptors (Lipinski definition) is 4. The van der Waals surface area contributed by atoms with Gasteiger partial charge in [-0.05, 0) is 55.7 Å². The fraction of sp³-hybridized carbons (Fsp3) is 0.333. The second-order valence-electron chi connectivity index (χ2n) is 5.43. The van der Waals surface area contributed by atoms with Crippen LogP contribution in [0.25, 0.3) is 0 Å². The summed E-state index contributed by atoms with van der Waals surface area (Å²) in [4.78, 5) is 16.5. The van der Waals surface area contributed by atoms with E-state index < -0.39 is 0 Å². The van der Waals surface area contributed by atoms with Crippen molar-refractivity contribution < 1.29 is 14.3 Å². The molecular formula is C18H19NO3. The van der Waals surface area contributed by atoms with E-state index in [-0.39, 0.29) is 5.97 Å². The summed E-state index contributed by atoms with van der Waals surface area (Å²) in [7, 11) is 0. The van der Waals surface area contributed by atoms with Crippen LogP contribution in [0, 0.1) is 6.92 Å². The van der Waals surface area contributed by atoms with Crippen LogP contribution < -0.4 is 4.74 Å². The maximum absolute atomic E-state index is 12.0. The largest absolute Gasteiger partial charge is 0.493 e. The average Bonchev–Trinajstić information content (AvgIpc) is 2.99. The Morgan fingerprint density at radius 3 is 3.09 bits per heavy atom. The first-order chi connectivity index (χ1) is 10.7. The lowest BCUT2D eigenvalue weighted by Crippen LogP contribution is -2.07. The van der Waals surface area contributed by atoms with Crippen molar-refractivity contribution in [3.05, 3.63) is 58.9 Å². The number of hydrogen-bond donors (Lipinski definition) is 0. The van der Waals surface area contributed by atoms with Gasteiger partial charge in [0.15, 0.2) is 0 Å². The molecule has 2 heterocycles. The fourth-order valence-corrected chi connectivity index (χ4v) is 2.55. The zero-order valence-corrected chi connectivity index (χ0v) is 12.7. The number of esters is 1. The Balaban J connectivity index is 1.48. The van der Waals surface area contributed by atoms with Crippen molar-refractivity contribution in [1.82, 2.24) is 4.98 Å². The molecule has 2 aromatic rings. The van der Waals surface area contributed by atoms with Gasteiger partial charge < -0.3 is 9.47 Å². The van der Waals surface area contributed by atoms with Gasteiger partial charge in [-0.15, -0.1) is 0 Å². The van der Waals surface area contributed by atoms with Crippen LogP contribution in [0.3, 0.4) is 0 Å². The Hall–Kier alpha value is -2.36. The molecule has 0 bridgehead atoms. The van der Waals surface area contributed by atoms with Gasteiger partial charge in [0.2, 0.25) is 0 Å². The van der Waals surface area contributed by atoms with Crippen molar-refractivity contribution >= 4 is 5.97 Å². The Bertz CT molecular complexity index is 682. The topological polar surface area (TPSA) is 48.4 Å². The second-order valence-corrected chi connectivity index (χ2v) is 5.43. The number of rotatable bonds is 5. The van der Waals surface area contributed by atoms with Crippen LogP contribution >= 0.6 is 0 Å². The molecule has 0 saturated carbocycles. The second kappa shape index (κ2) is 6.60. The third-order valence-electron chi connectivity index (χ3n) is 3.68. The lowest BCUT2D eigenvalue weighted by Gasteiger charge is -2.06. The third-order valence-corrected chi connectivity index (χ3v) is 3.68. The summed E-state index contributed by atoms with van der Waals surface area (Å²) in [5, 5.41) is 0. The van der Waals surface area contributed by atoms with E-state index in [1.807, 2.05) is 37.3 Å². The van der Waals surface area contributed by atoms with E-state index in [9.17, 15) is 4.79 Å². The van der Waals surface area contributed by atoms with Gasteiger partial charge in [0.25, 0.3) is 0 Å². The summed E-state index contributed by atoms with van der Waals surface area (Å²) in [5.41, 5.74) is 3.72. The van der Waals surface area contributed by atoms with Gasteiger partial charge in [-0.3, -0.25) is 4.98 Å². The van der Waals surface area contributed by atoms with Crippen molar-refractivity contribution in [2.45, 2.75) is 26.2 Å². The number of ether oxygens (including phenoxy) is 2. The van der Waals surface area contributed by atoms with Crippen LogP contribution in [-0.4, -0.2) is 24.2 Å². The highest BCUT2D eigenvalue weighted by Gasteiger charge is 2.15. The Kier molecular flexibility index (Phi) is 4.37. The van der Waals surface area contributed by atoms with Crippen molar-refractivity contribution in [2.75, 3.05) is 13.2 Å². The summed E-state index contributed by atoms with van der Waals surface area (Å²) < 4.78 is 10.8. The molecule has 1 aliphatic heterocycles. The average molecular weight is 297 g/mol. The van der Waals surface area contributed by atoms with Gasteiger partial charge in [0, 0.05) is 17.8 Å². The van der Waals surface area contributed by atoms with Gasteiger partial charge in [-0.1, -0.05) is 6.07 Å². The maximum Gasteiger partial charge on any atom is 0.338 e. The molecule has 0 N–H and O–H groups in total. The Labute approximate surface area is 130 Å². The van der Waals surface area contributed by atoms with Crippen LogP contribution in [0.2, 0.25) is 0 Å². The highest BCUT2D eigenvalue weighted by atomic mass is 16.5. The SMILES string of the molecule is Cc1cccc(CCCOC(=O)c2ccc3c(c2)CCO3)n1. The number of fused-ring (bicyclic) bond motifs is 1. The van der Waals surface area contributed by atoms with Crippen molar-refractivity contribution in [3.8, 4) is 5.75 Å². The summed E-state index contributed by atoms with van der Waals surface area (Å²) in [6.45, 7) is 3.07. The van der Waals surface area contributed by atoms with E-state index in [2.05, 4.69) is 4.98 Å². The first kappa shape index (κ1) is 14.6. The quantitative estimate of drug-likeness (QED) is 0.628. The molecule has 1 aromatic heterocycles. The molecule has 22 heavy (non-hydrogen) atoms. The van der Waals surface area contributed by atoms with Crippen LogP contribution in [0.4, 0.5) is 0 Å². The van der Waals surface area contributed by atoms with Gasteiger partial charge in [0.1, 0.15) is 5.75 Å². The molecular weight excluding hydrogens is 278 g/mol. The van der Waals surface area contributed by atoms with E-state index in [0.29, 0.717) is 18.8 Å². The summed E-state index contributed by atoms with van der Waals surface area (Å²) in [5.74, 6) is 0.606. The lowest BCUT2D eigenvalue weighted by atomic mass is 10.1. The molecule has 0 spiro atoms. The maximum atomic E-state index is 12.0. The number of benzene rings is 1. The molecule has 114 valence electrons. The van der Waals surface area contributed by atoms with Crippen molar-refractivity contribution in [2.24, 2.45) is 0 Å². The van der Waals surface area contributed by atoms with Crippen LogP contribution in [0.1, 0.15) is 33.7 Å². The molecule has 0 radical (unpaired) electrons.